The Hall–Kier alpha value is -2.62. The molecular formula is C28H40N2O2. The molecule has 4 heteroatoms. The number of aryl methyl sites for hydroxylation is 2. The first-order chi connectivity index (χ1) is 14.8. The van der Waals surface area contributed by atoms with Crippen LogP contribution in [0.15, 0.2) is 48.5 Å². The van der Waals surface area contributed by atoms with Crippen LogP contribution in [0, 0.1) is 6.92 Å². The molecule has 2 rings (SSSR count). The van der Waals surface area contributed by atoms with E-state index in [-0.39, 0.29) is 22.8 Å². The number of rotatable bonds is 7. The molecule has 0 saturated carbocycles. The molecule has 0 aromatic heterocycles. The molecule has 0 aliphatic rings. The second-order valence-corrected chi connectivity index (χ2v) is 10.9. The highest BCUT2D eigenvalue weighted by Gasteiger charge is 2.28. The summed E-state index contributed by atoms with van der Waals surface area (Å²) in [6, 6.07) is 16.0. The molecule has 2 aromatic carbocycles. The Bertz CT molecular complexity index is 918. The Morgan fingerprint density at radius 2 is 1.56 bits per heavy atom. The van der Waals surface area contributed by atoms with Crippen molar-refractivity contribution in [3.05, 3.63) is 70.8 Å². The molecule has 0 spiro atoms. The van der Waals surface area contributed by atoms with Gasteiger partial charge in [-0.25, -0.2) is 0 Å². The third-order valence-corrected chi connectivity index (χ3v) is 5.55. The summed E-state index contributed by atoms with van der Waals surface area (Å²) in [5.41, 5.74) is 4.34. The maximum absolute atomic E-state index is 13.3. The van der Waals surface area contributed by atoms with Crippen molar-refractivity contribution in [2.45, 2.75) is 91.8 Å². The zero-order chi connectivity index (χ0) is 24.1. The Morgan fingerprint density at radius 3 is 2.09 bits per heavy atom. The third kappa shape index (κ3) is 7.81. The average Bonchev–Trinajstić information content (AvgIpc) is 2.68. The lowest BCUT2D eigenvalue weighted by molar-refractivity contribution is -0.141. The molecular weight excluding hydrogens is 396 g/mol. The van der Waals surface area contributed by atoms with Gasteiger partial charge < -0.3 is 10.2 Å². The monoisotopic (exact) mass is 436 g/mol. The van der Waals surface area contributed by atoms with E-state index in [1.165, 1.54) is 5.56 Å². The van der Waals surface area contributed by atoms with E-state index in [9.17, 15) is 9.59 Å². The third-order valence-electron chi connectivity index (χ3n) is 5.55. The summed E-state index contributed by atoms with van der Waals surface area (Å²) in [7, 11) is 0. The first kappa shape index (κ1) is 25.6. The van der Waals surface area contributed by atoms with Gasteiger partial charge in [0.2, 0.25) is 11.8 Å². The fraction of sp³-hybridized carbons (Fsp3) is 0.500. The molecule has 0 unspecified atom stereocenters. The lowest BCUT2D eigenvalue weighted by Crippen LogP contribution is -2.52. The zero-order valence-electron chi connectivity index (χ0n) is 21.1. The summed E-state index contributed by atoms with van der Waals surface area (Å²) in [6.07, 6.45) is 1.02. The highest BCUT2D eigenvalue weighted by Crippen LogP contribution is 2.23. The summed E-state index contributed by atoms with van der Waals surface area (Å²) in [4.78, 5) is 27.9. The van der Waals surface area contributed by atoms with Crippen LogP contribution in [0.25, 0.3) is 0 Å². The van der Waals surface area contributed by atoms with Gasteiger partial charge in [0.25, 0.3) is 0 Å². The average molecular weight is 437 g/mol. The number of carbonyl (C=O) groups excluding carboxylic acids is 2. The van der Waals surface area contributed by atoms with E-state index in [1.807, 2.05) is 52.8 Å². The minimum atomic E-state index is -0.550. The SMILES string of the molecule is Cc1cccc(CN(C(=O)CCc2ccc(C(C)(C)C)cc2)[C@H](C)C(=O)NC(C)(C)C)c1. The van der Waals surface area contributed by atoms with Crippen LogP contribution < -0.4 is 5.32 Å². The van der Waals surface area contributed by atoms with Gasteiger partial charge in [0, 0.05) is 18.5 Å². The molecule has 0 aliphatic carbocycles. The molecule has 0 radical (unpaired) electrons. The van der Waals surface area contributed by atoms with Crippen LogP contribution in [0.5, 0.6) is 0 Å². The van der Waals surface area contributed by atoms with E-state index >= 15 is 0 Å². The van der Waals surface area contributed by atoms with Crippen molar-refractivity contribution in [2.75, 3.05) is 0 Å². The fourth-order valence-corrected chi connectivity index (χ4v) is 3.63. The quantitative estimate of drug-likeness (QED) is 0.618. The maximum atomic E-state index is 13.3. The number of hydrogen-bond donors (Lipinski definition) is 1. The summed E-state index contributed by atoms with van der Waals surface area (Å²) < 4.78 is 0. The lowest BCUT2D eigenvalue weighted by atomic mass is 9.86. The van der Waals surface area contributed by atoms with Crippen molar-refractivity contribution < 1.29 is 9.59 Å². The van der Waals surface area contributed by atoms with Crippen LogP contribution in [-0.2, 0) is 28.0 Å². The van der Waals surface area contributed by atoms with Crippen LogP contribution in [0.1, 0.15) is 77.1 Å². The van der Waals surface area contributed by atoms with Gasteiger partial charge in [0.1, 0.15) is 6.04 Å². The van der Waals surface area contributed by atoms with Crippen molar-refractivity contribution in [3.8, 4) is 0 Å². The van der Waals surface area contributed by atoms with Gasteiger partial charge in [0.05, 0.1) is 0 Å². The molecule has 0 aliphatic heterocycles. The number of carbonyl (C=O) groups is 2. The van der Waals surface area contributed by atoms with Crippen LogP contribution in [-0.4, -0.2) is 28.3 Å². The van der Waals surface area contributed by atoms with E-state index in [2.05, 4.69) is 56.4 Å². The number of benzene rings is 2. The number of nitrogens with zero attached hydrogens (tertiary/aromatic N) is 1. The molecule has 0 saturated heterocycles. The summed E-state index contributed by atoms with van der Waals surface area (Å²) in [5, 5.41) is 3.01. The first-order valence-electron chi connectivity index (χ1n) is 11.5. The van der Waals surface area contributed by atoms with E-state index in [1.54, 1.807) is 4.90 Å². The molecule has 2 amide bonds. The smallest absolute Gasteiger partial charge is 0.242 e. The number of amides is 2. The first-order valence-corrected chi connectivity index (χ1v) is 11.5. The number of nitrogens with one attached hydrogen (secondary N) is 1. The lowest BCUT2D eigenvalue weighted by Gasteiger charge is -2.31. The molecule has 2 aromatic rings. The second-order valence-electron chi connectivity index (χ2n) is 10.9. The molecule has 0 fully saturated rings. The summed E-state index contributed by atoms with van der Waals surface area (Å²) in [5.74, 6) is -0.143. The van der Waals surface area contributed by atoms with Crippen LogP contribution in [0.2, 0.25) is 0 Å². The highest BCUT2D eigenvalue weighted by molar-refractivity contribution is 5.87. The van der Waals surface area contributed by atoms with Crippen molar-refractivity contribution in [3.63, 3.8) is 0 Å². The van der Waals surface area contributed by atoms with Gasteiger partial charge in [-0.1, -0.05) is 74.9 Å². The topological polar surface area (TPSA) is 49.4 Å². The maximum Gasteiger partial charge on any atom is 0.242 e. The van der Waals surface area contributed by atoms with Gasteiger partial charge in [0.15, 0.2) is 0 Å². The molecule has 32 heavy (non-hydrogen) atoms. The van der Waals surface area contributed by atoms with Gasteiger partial charge in [-0.05, 0) is 63.1 Å². The van der Waals surface area contributed by atoms with E-state index in [4.69, 9.17) is 0 Å². The predicted molar refractivity (Wildman–Crippen MR) is 133 cm³/mol. The molecule has 0 heterocycles. The van der Waals surface area contributed by atoms with Crippen molar-refractivity contribution >= 4 is 11.8 Å². The van der Waals surface area contributed by atoms with Crippen LogP contribution in [0.3, 0.4) is 0 Å². The minimum Gasteiger partial charge on any atom is -0.350 e. The molecule has 4 nitrogen and oxygen atoms in total. The largest absolute Gasteiger partial charge is 0.350 e. The Morgan fingerprint density at radius 1 is 0.938 bits per heavy atom. The Labute approximate surface area is 194 Å². The second kappa shape index (κ2) is 10.3. The van der Waals surface area contributed by atoms with Crippen molar-refractivity contribution in [1.29, 1.82) is 0 Å². The Kier molecular flexibility index (Phi) is 8.28. The van der Waals surface area contributed by atoms with Gasteiger partial charge in [-0.15, -0.1) is 0 Å². The molecule has 1 atom stereocenters. The molecule has 1 N–H and O–H groups in total. The van der Waals surface area contributed by atoms with E-state index < -0.39 is 6.04 Å². The summed E-state index contributed by atoms with van der Waals surface area (Å²) >= 11 is 0. The van der Waals surface area contributed by atoms with E-state index in [0.29, 0.717) is 19.4 Å². The number of hydrogen-bond acceptors (Lipinski definition) is 2. The predicted octanol–water partition coefficient (Wildman–Crippen LogP) is 5.56. The standard InChI is InChI=1S/C28H40N2O2/c1-20-10-9-11-23(18-20)19-30(21(2)26(32)29-28(6,7)8)25(31)17-14-22-12-15-24(16-13-22)27(3,4)5/h9-13,15-16,18,21H,14,17,19H2,1-8H3,(H,29,32)/t21-/m1/s1. The van der Waals surface area contributed by atoms with Gasteiger partial charge in [-0.3, -0.25) is 9.59 Å². The van der Waals surface area contributed by atoms with Crippen LogP contribution >= 0.6 is 0 Å². The fourth-order valence-electron chi connectivity index (χ4n) is 3.63. The Balaban J connectivity index is 2.16. The normalized spacial score (nSPS) is 12.9. The molecule has 0 bridgehead atoms. The summed E-state index contributed by atoms with van der Waals surface area (Å²) in [6.45, 7) is 16.7. The van der Waals surface area contributed by atoms with Gasteiger partial charge >= 0.3 is 0 Å². The van der Waals surface area contributed by atoms with E-state index in [0.717, 1.165) is 16.7 Å². The minimum absolute atomic E-state index is 0.0111. The van der Waals surface area contributed by atoms with Crippen LogP contribution in [0.4, 0.5) is 0 Å². The molecule has 174 valence electrons. The highest BCUT2D eigenvalue weighted by atomic mass is 16.2. The van der Waals surface area contributed by atoms with Crippen molar-refractivity contribution in [2.24, 2.45) is 0 Å². The van der Waals surface area contributed by atoms with Crippen molar-refractivity contribution in [1.82, 2.24) is 10.2 Å². The zero-order valence-corrected chi connectivity index (χ0v) is 21.1. The van der Waals surface area contributed by atoms with Gasteiger partial charge in [-0.2, -0.15) is 0 Å².